The molecule has 6 nitrogen and oxygen atoms in total. The van der Waals surface area contributed by atoms with E-state index in [2.05, 4.69) is 9.97 Å². The number of nitrogens with zero attached hydrogens (tertiary/aromatic N) is 2. The van der Waals surface area contributed by atoms with Gasteiger partial charge in [-0.15, -0.1) is 0 Å². The van der Waals surface area contributed by atoms with Crippen LogP contribution in [0.3, 0.4) is 0 Å². The fraction of sp³-hybridized carbons (Fsp3) is 0.500. The lowest BCUT2D eigenvalue weighted by atomic mass is 9.87. The van der Waals surface area contributed by atoms with Crippen LogP contribution < -0.4 is 0 Å². The third-order valence-corrected chi connectivity index (χ3v) is 2.44. The molecule has 0 saturated carbocycles. The number of hydrogen-bond acceptors (Lipinski definition) is 6. The van der Waals surface area contributed by atoms with Crippen LogP contribution in [0.5, 0.6) is 0 Å². The topological polar surface area (TPSA) is 78.4 Å². The Morgan fingerprint density at radius 3 is 2.11 bits per heavy atom. The molecule has 0 bridgehead atoms. The van der Waals surface area contributed by atoms with Crippen LogP contribution in [0.1, 0.15) is 26.5 Å². The van der Waals surface area contributed by atoms with Gasteiger partial charge in [0.1, 0.15) is 0 Å². The highest BCUT2D eigenvalue weighted by molar-refractivity contribution is 6.05. The van der Waals surface area contributed by atoms with E-state index in [1.807, 2.05) is 0 Å². The van der Waals surface area contributed by atoms with E-state index in [9.17, 15) is 9.59 Å². The molecule has 98 valence electrons. The summed E-state index contributed by atoms with van der Waals surface area (Å²) in [6, 6.07) is 0. The van der Waals surface area contributed by atoms with Gasteiger partial charge in [0, 0.05) is 12.4 Å². The molecule has 0 aliphatic heterocycles. The van der Waals surface area contributed by atoms with E-state index in [0.717, 1.165) is 0 Å². The van der Waals surface area contributed by atoms with Crippen molar-refractivity contribution in [3.8, 4) is 0 Å². The SMILES string of the molecule is CCOC(=O)C(C)(C(=O)OCC)c1cnccn1. The molecule has 1 rings (SSSR count). The highest BCUT2D eigenvalue weighted by Gasteiger charge is 2.47. The lowest BCUT2D eigenvalue weighted by Gasteiger charge is -2.23. The quantitative estimate of drug-likeness (QED) is 0.571. The summed E-state index contributed by atoms with van der Waals surface area (Å²) in [7, 11) is 0. The molecule has 0 aromatic carbocycles. The number of rotatable bonds is 5. The van der Waals surface area contributed by atoms with Crippen molar-refractivity contribution in [1.82, 2.24) is 9.97 Å². The lowest BCUT2D eigenvalue weighted by Crippen LogP contribution is -2.44. The van der Waals surface area contributed by atoms with Gasteiger partial charge in [0.05, 0.1) is 25.1 Å². The first-order valence-electron chi connectivity index (χ1n) is 5.68. The Morgan fingerprint density at radius 2 is 1.72 bits per heavy atom. The van der Waals surface area contributed by atoms with Crippen molar-refractivity contribution in [3.05, 3.63) is 24.3 Å². The molecule has 0 N–H and O–H groups in total. The smallest absolute Gasteiger partial charge is 0.329 e. The largest absolute Gasteiger partial charge is 0.465 e. The third-order valence-electron chi connectivity index (χ3n) is 2.44. The standard InChI is InChI=1S/C12H16N2O4/c1-4-17-10(15)12(3,11(16)18-5-2)9-8-13-6-7-14-9/h6-8H,4-5H2,1-3H3. The summed E-state index contributed by atoms with van der Waals surface area (Å²) < 4.78 is 9.84. The van der Waals surface area contributed by atoms with Gasteiger partial charge < -0.3 is 9.47 Å². The van der Waals surface area contributed by atoms with Gasteiger partial charge in [-0.25, -0.2) is 0 Å². The van der Waals surface area contributed by atoms with Gasteiger partial charge in [-0.05, 0) is 20.8 Å². The maximum Gasteiger partial charge on any atom is 0.329 e. The third kappa shape index (κ3) is 2.64. The minimum atomic E-state index is -1.58. The Kier molecular flexibility index (Phi) is 4.76. The zero-order chi connectivity index (χ0) is 13.6. The van der Waals surface area contributed by atoms with Crippen LogP contribution in [0.25, 0.3) is 0 Å². The zero-order valence-corrected chi connectivity index (χ0v) is 10.7. The normalized spacial score (nSPS) is 10.8. The van der Waals surface area contributed by atoms with E-state index in [1.165, 1.54) is 25.5 Å². The van der Waals surface area contributed by atoms with Crippen molar-refractivity contribution in [1.29, 1.82) is 0 Å². The minimum Gasteiger partial charge on any atom is -0.465 e. The summed E-state index contributed by atoms with van der Waals surface area (Å²) in [5.41, 5.74) is -1.37. The Balaban J connectivity index is 3.17. The monoisotopic (exact) mass is 252 g/mol. The number of esters is 2. The van der Waals surface area contributed by atoms with Crippen molar-refractivity contribution in [2.24, 2.45) is 0 Å². The van der Waals surface area contributed by atoms with E-state index in [-0.39, 0.29) is 18.9 Å². The molecule has 1 heterocycles. The molecule has 0 saturated heterocycles. The Hall–Kier alpha value is -1.98. The first kappa shape index (κ1) is 14.1. The lowest BCUT2D eigenvalue weighted by molar-refractivity contribution is -0.164. The molecule has 0 spiro atoms. The molecule has 18 heavy (non-hydrogen) atoms. The Labute approximate surface area is 105 Å². The van der Waals surface area contributed by atoms with Gasteiger partial charge in [0.2, 0.25) is 5.41 Å². The van der Waals surface area contributed by atoms with Gasteiger partial charge >= 0.3 is 11.9 Å². The second kappa shape index (κ2) is 6.09. The van der Waals surface area contributed by atoms with Gasteiger partial charge in [0.15, 0.2) is 0 Å². The molecule has 0 radical (unpaired) electrons. The fourth-order valence-electron chi connectivity index (χ4n) is 1.40. The fourth-order valence-corrected chi connectivity index (χ4v) is 1.40. The second-order valence-corrected chi connectivity index (χ2v) is 3.66. The minimum absolute atomic E-state index is 0.175. The van der Waals surface area contributed by atoms with Crippen molar-refractivity contribution in [3.63, 3.8) is 0 Å². The van der Waals surface area contributed by atoms with Gasteiger partial charge in [-0.1, -0.05) is 0 Å². The molecule has 0 amide bonds. The summed E-state index contributed by atoms with van der Waals surface area (Å²) >= 11 is 0. The average Bonchev–Trinajstić information content (AvgIpc) is 2.39. The molecule has 0 atom stereocenters. The maximum atomic E-state index is 12.0. The molecule has 1 aromatic heterocycles. The first-order chi connectivity index (χ1) is 8.57. The molecule has 0 aliphatic carbocycles. The van der Waals surface area contributed by atoms with Crippen LogP contribution in [0.15, 0.2) is 18.6 Å². The maximum absolute atomic E-state index is 12.0. The molecular weight excluding hydrogens is 236 g/mol. The molecule has 6 heteroatoms. The molecule has 1 aromatic rings. The highest BCUT2D eigenvalue weighted by atomic mass is 16.6. The van der Waals surface area contributed by atoms with Crippen molar-refractivity contribution in [2.75, 3.05) is 13.2 Å². The Bertz CT molecular complexity index is 401. The van der Waals surface area contributed by atoms with Crippen molar-refractivity contribution < 1.29 is 19.1 Å². The number of ether oxygens (including phenoxy) is 2. The predicted octanol–water partition coefficient (Wildman–Crippen LogP) is 0.861. The molecule has 0 fully saturated rings. The summed E-state index contributed by atoms with van der Waals surface area (Å²) in [6.45, 7) is 5.11. The van der Waals surface area contributed by atoms with Crippen LogP contribution in [0.4, 0.5) is 0 Å². The summed E-state index contributed by atoms with van der Waals surface area (Å²) in [5, 5.41) is 0. The van der Waals surface area contributed by atoms with Crippen molar-refractivity contribution in [2.45, 2.75) is 26.2 Å². The number of aromatic nitrogens is 2. The Morgan fingerprint density at radius 1 is 1.17 bits per heavy atom. The van der Waals surface area contributed by atoms with Gasteiger partial charge in [-0.3, -0.25) is 19.6 Å². The van der Waals surface area contributed by atoms with Crippen LogP contribution in [-0.2, 0) is 24.5 Å². The summed E-state index contributed by atoms with van der Waals surface area (Å²) in [5.74, 6) is -1.38. The molecular formula is C12H16N2O4. The summed E-state index contributed by atoms with van der Waals surface area (Å²) in [4.78, 5) is 31.8. The van der Waals surface area contributed by atoms with Crippen LogP contribution in [-0.4, -0.2) is 35.1 Å². The first-order valence-corrected chi connectivity index (χ1v) is 5.68. The number of carbonyl (C=O) groups is 2. The van der Waals surface area contributed by atoms with E-state index < -0.39 is 17.4 Å². The number of hydrogen-bond donors (Lipinski definition) is 0. The van der Waals surface area contributed by atoms with Crippen LogP contribution in [0.2, 0.25) is 0 Å². The van der Waals surface area contributed by atoms with Crippen molar-refractivity contribution >= 4 is 11.9 Å². The highest BCUT2D eigenvalue weighted by Crippen LogP contribution is 2.25. The van der Waals surface area contributed by atoms with E-state index in [4.69, 9.17) is 9.47 Å². The van der Waals surface area contributed by atoms with E-state index in [1.54, 1.807) is 13.8 Å². The van der Waals surface area contributed by atoms with Crippen LogP contribution >= 0.6 is 0 Å². The summed E-state index contributed by atoms with van der Waals surface area (Å²) in [6.07, 6.45) is 4.22. The van der Waals surface area contributed by atoms with Crippen LogP contribution in [0, 0.1) is 0 Å². The molecule has 0 unspecified atom stereocenters. The zero-order valence-electron chi connectivity index (χ0n) is 10.7. The predicted molar refractivity (Wildman–Crippen MR) is 62.7 cm³/mol. The van der Waals surface area contributed by atoms with E-state index >= 15 is 0 Å². The van der Waals surface area contributed by atoms with E-state index in [0.29, 0.717) is 0 Å². The average molecular weight is 252 g/mol. The van der Waals surface area contributed by atoms with Gasteiger partial charge in [0.25, 0.3) is 0 Å². The second-order valence-electron chi connectivity index (χ2n) is 3.66. The van der Waals surface area contributed by atoms with Gasteiger partial charge in [-0.2, -0.15) is 0 Å². The molecule has 0 aliphatic rings. The number of carbonyl (C=O) groups excluding carboxylic acids is 2.